The molecule has 4 nitrogen and oxygen atoms in total. The highest BCUT2D eigenvalue weighted by Gasteiger charge is 2.38. The third-order valence-electron chi connectivity index (χ3n) is 7.44. The van der Waals surface area contributed by atoms with Crippen LogP contribution in [0.5, 0.6) is 5.75 Å². The van der Waals surface area contributed by atoms with E-state index in [1.54, 1.807) is 12.1 Å². The Labute approximate surface area is 197 Å². The van der Waals surface area contributed by atoms with Crippen LogP contribution < -0.4 is 9.64 Å². The SMILES string of the molecule is CC1C2=C(CC(=O)O)CCN2c2ccc(OCc3ccc(C4CCCC4)c(C(F)(F)F)c3)cc21. The monoisotopic (exact) mass is 471 g/mol. The molecule has 1 saturated carbocycles. The first-order valence-electron chi connectivity index (χ1n) is 11.9. The Morgan fingerprint density at radius 3 is 2.59 bits per heavy atom. The predicted molar refractivity (Wildman–Crippen MR) is 123 cm³/mol. The molecular weight excluding hydrogens is 443 g/mol. The molecule has 0 saturated heterocycles. The second-order valence-electron chi connectivity index (χ2n) is 9.59. The smallest absolute Gasteiger partial charge is 0.416 e. The van der Waals surface area contributed by atoms with Crippen LogP contribution in [0.3, 0.4) is 0 Å². The molecule has 2 aromatic rings. The van der Waals surface area contributed by atoms with Gasteiger partial charge in [-0.05, 0) is 71.7 Å². The zero-order chi connectivity index (χ0) is 24.0. The van der Waals surface area contributed by atoms with E-state index in [1.165, 1.54) is 6.07 Å². The average molecular weight is 472 g/mol. The lowest BCUT2D eigenvalue weighted by molar-refractivity contribution is -0.138. The van der Waals surface area contributed by atoms with Crippen molar-refractivity contribution in [3.05, 3.63) is 69.9 Å². The molecule has 1 fully saturated rings. The van der Waals surface area contributed by atoms with Crippen molar-refractivity contribution in [2.24, 2.45) is 0 Å². The Hall–Kier alpha value is -2.96. The molecule has 7 heteroatoms. The van der Waals surface area contributed by atoms with Crippen LogP contribution in [0.1, 0.15) is 79.5 Å². The van der Waals surface area contributed by atoms with Crippen molar-refractivity contribution in [1.82, 2.24) is 0 Å². The van der Waals surface area contributed by atoms with Crippen molar-refractivity contribution >= 4 is 11.7 Å². The van der Waals surface area contributed by atoms with Gasteiger partial charge in [0.05, 0.1) is 12.0 Å². The molecule has 5 rings (SSSR count). The number of carbonyl (C=O) groups is 1. The van der Waals surface area contributed by atoms with E-state index in [2.05, 4.69) is 11.8 Å². The van der Waals surface area contributed by atoms with Crippen molar-refractivity contribution in [3.8, 4) is 5.75 Å². The molecule has 0 aromatic heterocycles. The van der Waals surface area contributed by atoms with Crippen molar-refractivity contribution in [2.75, 3.05) is 11.4 Å². The Kier molecular flexibility index (Phi) is 5.82. The molecule has 1 N–H and O–H groups in total. The number of benzene rings is 2. The van der Waals surface area contributed by atoms with Gasteiger partial charge in [-0.3, -0.25) is 4.79 Å². The number of aliphatic carboxylic acids is 1. The van der Waals surface area contributed by atoms with E-state index in [4.69, 9.17) is 4.74 Å². The van der Waals surface area contributed by atoms with E-state index < -0.39 is 17.7 Å². The molecule has 2 aliphatic heterocycles. The van der Waals surface area contributed by atoms with E-state index in [-0.39, 0.29) is 24.9 Å². The Bertz CT molecular complexity index is 1150. The molecule has 1 atom stereocenters. The van der Waals surface area contributed by atoms with E-state index in [1.807, 2.05) is 18.2 Å². The summed E-state index contributed by atoms with van der Waals surface area (Å²) >= 11 is 0. The number of nitrogens with zero attached hydrogens (tertiary/aromatic N) is 1. The Morgan fingerprint density at radius 2 is 1.88 bits per heavy atom. The second-order valence-corrected chi connectivity index (χ2v) is 9.59. The Morgan fingerprint density at radius 1 is 1.12 bits per heavy atom. The van der Waals surface area contributed by atoms with Gasteiger partial charge in [0, 0.05) is 23.8 Å². The summed E-state index contributed by atoms with van der Waals surface area (Å²) in [4.78, 5) is 13.4. The fourth-order valence-electron chi connectivity index (χ4n) is 5.90. The molecule has 0 spiro atoms. The highest BCUT2D eigenvalue weighted by atomic mass is 19.4. The van der Waals surface area contributed by atoms with Gasteiger partial charge in [0.2, 0.25) is 0 Å². The first kappa shape index (κ1) is 22.8. The zero-order valence-corrected chi connectivity index (χ0v) is 19.1. The topological polar surface area (TPSA) is 49.8 Å². The number of ether oxygens (including phenoxy) is 1. The second kappa shape index (κ2) is 8.67. The van der Waals surface area contributed by atoms with Crippen molar-refractivity contribution < 1.29 is 27.8 Å². The average Bonchev–Trinajstić information content (AvgIpc) is 3.51. The van der Waals surface area contributed by atoms with Gasteiger partial charge in [-0.2, -0.15) is 13.2 Å². The number of rotatable bonds is 6. The maximum Gasteiger partial charge on any atom is 0.416 e. The molecular formula is C27H28F3NO3. The molecule has 0 radical (unpaired) electrons. The number of anilines is 1. The minimum absolute atomic E-state index is 0.0143. The van der Waals surface area contributed by atoms with Crippen LogP contribution in [0.2, 0.25) is 0 Å². The van der Waals surface area contributed by atoms with Gasteiger partial charge in [0.25, 0.3) is 0 Å². The number of carboxylic acid groups (broad SMARTS) is 1. The van der Waals surface area contributed by atoms with Crippen LogP contribution in [0, 0.1) is 0 Å². The van der Waals surface area contributed by atoms with Gasteiger partial charge in [-0.25, -0.2) is 0 Å². The summed E-state index contributed by atoms with van der Waals surface area (Å²) in [6.45, 7) is 2.88. The molecule has 2 aromatic carbocycles. The number of halogens is 3. The third kappa shape index (κ3) is 4.17. The summed E-state index contributed by atoms with van der Waals surface area (Å²) in [6.07, 6.45) is 0.00563. The number of hydrogen-bond acceptors (Lipinski definition) is 3. The quantitative estimate of drug-likeness (QED) is 0.493. The van der Waals surface area contributed by atoms with Crippen molar-refractivity contribution in [3.63, 3.8) is 0 Å². The van der Waals surface area contributed by atoms with Gasteiger partial charge in [0.15, 0.2) is 0 Å². The first-order chi connectivity index (χ1) is 16.2. The lowest BCUT2D eigenvalue weighted by Gasteiger charge is -2.19. The molecule has 0 amide bonds. The van der Waals surface area contributed by atoms with Crippen LogP contribution >= 0.6 is 0 Å². The predicted octanol–water partition coefficient (Wildman–Crippen LogP) is 7.00. The number of allylic oxidation sites excluding steroid dienone is 1. The Balaban J connectivity index is 1.35. The lowest BCUT2D eigenvalue weighted by atomic mass is 9.91. The fraction of sp³-hybridized carbons (Fsp3) is 0.444. The minimum atomic E-state index is -4.38. The maximum atomic E-state index is 13.8. The number of alkyl halides is 3. The third-order valence-corrected chi connectivity index (χ3v) is 7.44. The van der Waals surface area contributed by atoms with Crippen molar-refractivity contribution in [1.29, 1.82) is 0 Å². The highest BCUT2D eigenvalue weighted by molar-refractivity contribution is 5.76. The summed E-state index contributed by atoms with van der Waals surface area (Å²) in [5, 5.41) is 9.22. The maximum absolute atomic E-state index is 13.8. The van der Waals surface area contributed by atoms with Gasteiger partial charge < -0.3 is 14.7 Å². The molecule has 2 heterocycles. The summed E-state index contributed by atoms with van der Waals surface area (Å²) in [5.41, 5.74) is 4.49. The van der Waals surface area contributed by atoms with Gasteiger partial charge in [-0.15, -0.1) is 0 Å². The number of carboxylic acids is 1. The highest BCUT2D eigenvalue weighted by Crippen LogP contribution is 2.49. The van der Waals surface area contributed by atoms with Gasteiger partial charge in [-0.1, -0.05) is 31.9 Å². The first-order valence-corrected chi connectivity index (χ1v) is 11.9. The number of hydrogen-bond donors (Lipinski definition) is 1. The summed E-state index contributed by atoms with van der Waals surface area (Å²) in [7, 11) is 0. The summed E-state index contributed by atoms with van der Waals surface area (Å²) in [5.74, 6) is -0.188. The molecule has 180 valence electrons. The normalized spacial score (nSPS) is 20.1. The molecule has 3 aliphatic rings. The van der Waals surface area contributed by atoms with Gasteiger partial charge >= 0.3 is 12.1 Å². The molecule has 1 aliphatic carbocycles. The van der Waals surface area contributed by atoms with Gasteiger partial charge in [0.1, 0.15) is 12.4 Å². The largest absolute Gasteiger partial charge is 0.489 e. The summed E-state index contributed by atoms with van der Waals surface area (Å²) in [6, 6.07) is 10.3. The molecule has 34 heavy (non-hydrogen) atoms. The lowest BCUT2D eigenvalue weighted by Crippen LogP contribution is -2.14. The van der Waals surface area contributed by atoms with Crippen LogP contribution in [-0.2, 0) is 17.6 Å². The van der Waals surface area contributed by atoms with Crippen LogP contribution in [0.4, 0.5) is 18.9 Å². The van der Waals surface area contributed by atoms with Crippen molar-refractivity contribution in [2.45, 2.75) is 70.1 Å². The fourth-order valence-corrected chi connectivity index (χ4v) is 5.90. The van der Waals surface area contributed by atoms with E-state index in [9.17, 15) is 23.1 Å². The molecule has 0 bridgehead atoms. The standard InChI is InChI=1S/C27H28F3NO3/c1-16-22-14-20(7-9-24(22)31-11-10-19(26(16)31)13-25(32)33)34-15-17-6-8-21(18-4-2-3-5-18)23(12-17)27(28,29)30/h6-9,12,14,16,18H,2-5,10-11,13,15H2,1H3,(H,32,33). The van der Waals surface area contributed by atoms with Crippen LogP contribution in [0.15, 0.2) is 47.7 Å². The van der Waals surface area contributed by atoms with Crippen LogP contribution in [-0.4, -0.2) is 17.6 Å². The zero-order valence-electron chi connectivity index (χ0n) is 19.1. The van der Waals surface area contributed by atoms with E-state index in [0.29, 0.717) is 16.9 Å². The van der Waals surface area contributed by atoms with E-state index in [0.717, 1.165) is 61.2 Å². The number of fused-ring (bicyclic) bond motifs is 3. The minimum Gasteiger partial charge on any atom is -0.489 e. The summed E-state index contributed by atoms with van der Waals surface area (Å²) < 4.78 is 47.2. The molecule has 1 unspecified atom stereocenters. The van der Waals surface area contributed by atoms with E-state index >= 15 is 0 Å². The van der Waals surface area contributed by atoms with Crippen LogP contribution in [0.25, 0.3) is 0 Å².